The summed E-state index contributed by atoms with van der Waals surface area (Å²) in [6.07, 6.45) is 7.06. The maximum Gasteiger partial charge on any atom is 0.296 e. The van der Waals surface area contributed by atoms with Crippen LogP contribution in [-0.2, 0) is 22.7 Å². The van der Waals surface area contributed by atoms with Gasteiger partial charge in [0.25, 0.3) is 5.56 Å². The highest BCUT2D eigenvalue weighted by molar-refractivity contribution is 7.91. The van der Waals surface area contributed by atoms with Crippen LogP contribution in [0, 0.1) is 6.92 Å². The first-order valence-electron chi connectivity index (χ1n) is 12.5. The summed E-state index contributed by atoms with van der Waals surface area (Å²) in [5.41, 5.74) is 3.88. The van der Waals surface area contributed by atoms with Crippen LogP contribution >= 0.6 is 0 Å². The summed E-state index contributed by atoms with van der Waals surface area (Å²) in [5.74, 6) is -0.132. The lowest BCUT2D eigenvalue weighted by molar-refractivity contribution is 0.361. The minimum atomic E-state index is -4.34. The summed E-state index contributed by atoms with van der Waals surface area (Å²) in [7, 11) is -4.34. The van der Waals surface area contributed by atoms with Gasteiger partial charge in [-0.25, -0.2) is 8.42 Å². The molecule has 2 aromatic heterocycles. The number of pyridine rings is 1. The SMILES string of the molecule is CCCCc1nc(=O)c(S(=O)(=O)c2ccc(-c3cncc(C)c3)cc2)c(O)n1[C@H]1CCc2ccccc21. The van der Waals surface area contributed by atoms with Gasteiger partial charge in [0.2, 0.25) is 15.7 Å². The molecule has 1 atom stereocenters. The van der Waals surface area contributed by atoms with E-state index in [1.807, 2.05) is 44.2 Å². The number of rotatable bonds is 7. The van der Waals surface area contributed by atoms with Crippen molar-refractivity contribution in [2.45, 2.75) is 61.8 Å². The minimum absolute atomic E-state index is 0.0780. The molecule has 8 heteroatoms. The lowest BCUT2D eigenvalue weighted by Gasteiger charge is -2.23. The highest BCUT2D eigenvalue weighted by atomic mass is 32.2. The van der Waals surface area contributed by atoms with Gasteiger partial charge in [0, 0.05) is 24.4 Å². The Morgan fingerprint density at radius 1 is 1.05 bits per heavy atom. The molecule has 2 heterocycles. The van der Waals surface area contributed by atoms with Crippen molar-refractivity contribution in [3.63, 3.8) is 0 Å². The van der Waals surface area contributed by atoms with Crippen molar-refractivity contribution in [1.29, 1.82) is 0 Å². The van der Waals surface area contributed by atoms with E-state index in [0.717, 1.165) is 47.1 Å². The van der Waals surface area contributed by atoms with Crippen molar-refractivity contribution in [1.82, 2.24) is 14.5 Å². The monoisotopic (exact) mass is 515 g/mol. The van der Waals surface area contributed by atoms with Gasteiger partial charge in [0.05, 0.1) is 10.9 Å². The van der Waals surface area contributed by atoms with E-state index < -0.39 is 26.2 Å². The Morgan fingerprint density at radius 2 is 1.81 bits per heavy atom. The van der Waals surface area contributed by atoms with Crippen LogP contribution in [-0.4, -0.2) is 28.1 Å². The van der Waals surface area contributed by atoms with Crippen molar-refractivity contribution in [3.8, 4) is 17.0 Å². The summed E-state index contributed by atoms with van der Waals surface area (Å²) in [6.45, 7) is 3.96. The predicted molar refractivity (Wildman–Crippen MR) is 142 cm³/mol. The van der Waals surface area contributed by atoms with Crippen LogP contribution in [0.15, 0.2) is 81.6 Å². The molecule has 4 aromatic rings. The first-order valence-corrected chi connectivity index (χ1v) is 14.0. The van der Waals surface area contributed by atoms with Crippen molar-refractivity contribution >= 4 is 9.84 Å². The molecule has 0 amide bonds. The van der Waals surface area contributed by atoms with E-state index in [1.165, 1.54) is 12.1 Å². The Balaban J connectivity index is 1.62. The molecule has 37 heavy (non-hydrogen) atoms. The number of aromatic hydroxyl groups is 1. The van der Waals surface area contributed by atoms with Gasteiger partial charge < -0.3 is 5.11 Å². The van der Waals surface area contributed by atoms with E-state index in [-0.39, 0.29) is 10.9 Å². The number of aryl methyl sites for hydroxylation is 3. The van der Waals surface area contributed by atoms with Gasteiger partial charge in [-0.1, -0.05) is 49.7 Å². The third-order valence-corrected chi connectivity index (χ3v) is 8.73. The molecule has 0 saturated heterocycles. The highest BCUT2D eigenvalue weighted by Crippen LogP contribution is 2.39. The maximum absolute atomic E-state index is 13.7. The number of fused-ring (bicyclic) bond motifs is 1. The zero-order valence-corrected chi connectivity index (χ0v) is 21.7. The van der Waals surface area contributed by atoms with Crippen molar-refractivity contribution in [2.75, 3.05) is 0 Å². The minimum Gasteiger partial charge on any atom is -0.493 e. The van der Waals surface area contributed by atoms with Crippen LogP contribution in [0.5, 0.6) is 5.88 Å². The van der Waals surface area contributed by atoms with Gasteiger partial charge in [0.1, 0.15) is 5.82 Å². The number of hydrogen-bond acceptors (Lipinski definition) is 6. The van der Waals surface area contributed by atoms with E-state index in [1.54, 1.807) is 29.1 Å². The maximum atomic E-state index is 13.7. The zero-order chi connectivity index (χ0) is 26.2. The lowest BCUT2D eigenvalue weighted by atomic mass is 10.1. The van der Waals surface area contributed by atoms with E-state index in [2.05, 4.69) is 9.97 Å². The van der Waals surface area contributed by atoms with Crippen molar-refractivity contribution in [2.24, 2.45) is 0 Å². The average Bonchev–Trinajstić information content (AvgIpc) is 3.31. The Kier molecular flexibility index (Phi) is 6.69. The van der Waals surface area contributed by atoms with Crippen LogP contribution in [0.25, 0.3) is 11.1 Å². The standard InChI is InChI=1S/C29H29N3O4S/c1-3-4-9-26-31-28(33)27(29(34)32(26)25-15-12-21-7-5-6-8-24(21)25)37(35,36)23-13-10-20(11-14-23)22-16-19(2)17-30-18-22/h5-8,10-11,13-14,16-18,25,34H,3-4,9,12,15H2,1-2H3/t25-/m0/s1. The molecule has 2 aromatic carbocycles. The van der Waals surface area contributed by atoms with Crippen LogP contribution in [0.3, 0.4) is 0 Å². The summed E-state index contributed by atoms with van der Waals surface area (Å²) >= 11 is 0. The smallest absolute Gasteiger partial charge is 0.296 e. The molecule has 0 fully saturated rings. The number of benzene rings is 2. The van der Waals surface area contributed by atoms with Crippen LogP contribution in [0.2, 0.25) is 0 Å². The molecule has 5 rings (SSSR count). The van der Waals surface area contributed by atoms with Gasteiger partial charge in [-0.15, -0.1) is 0 Å². The Labute approximate surface area is 216 Å². The van der Waals surface area contributed by atoms with Gasteiger partial charge in [0.15, 0.2) is 4.90 Å². The fraction of sp³-hybridized carbons (Fsp3) is 0.276. The van der Waals surface area contributed by atoms with Crippen molar-refractivity contribution < 1.29 is 13.5 Å². The summed E-state index contributed by atoms with van der Waals surface area (Å²) in [5, 5.41) is 11.4. The Hall–Kier alpha value is -3.78. The first kappa shape index (κ1) is 24.9. The number of hydrogen-bond donors (Lipinski definition) is 1. The normalized spacial score (nSPS) is 15.0. The topological polar surface area (TPSA) is 102 Å². The van der Waals surface area contributed by atoms with E-state index in [0.29, 0.717) is 18.7 Å². The molecule has 0 aliphatic heterocycles. The molecule has 0 bridgehead atoms. The molecule has 1 aliphatic rings. The van der Waals surface area contributed by atoms with Crippen LogP contribution in [0.4, 0.5) is 0 Å². The number of aromatic nitrogens is 3. The molecule has 1 aliphatic carbocycles. The average molecular weight is 516 g/mol. The van der Waals surface area contributed by atoms with E-state index in [9.17, 15) is 18.3 Å². The van der Waals surface area contributed by atoms with Gasteiger partial charge in [-0.2, -0.15) is 4.98 Å². The number of unbranched alkanes of at least 4 members (excludes halogenated alkanes) is 1. The summed E-state index contributed by atoms with van der Waals surface area (Å²) in [6, 6.07) is 15.8. The lowest BCUT2D eigenvalue weighted by Crippen LogP contribution is -2.27. The largest absolute Gasteiger partial charge is 0.493 e. The second kappa shape index (κ2) is 9.94. The summed E-state index contributed by atoms with van der Waals surface area (Å²) in [4.78, 5) is 20.8. The van der Waals surface area contributed by atoms with Crippen molar-refractivity contribution in [3.05, 3.63) is 99.9 Å². The van der Waals surface area contributed by atoms with Gasteiger partial charge in [-0.05, 0) is 66.6 Å². The quantitative estimate of drug-likeness (QED) is 0.370. The predicted octanol–water partition coefficient (Wildman–Crippen LogP) is 5.03. The second-order valence-electron chi connectivity index (χ2n) is 9.49. The van der Waals surface area contributed by atoms with E-state index >= 15 is 0 Å². The Morgan fingerprint density at radius 3 is 2.54 bits per heavy atom. The van der Waals surface area contributed by atoms with E-state index in [4.69, 9.17) is 0 Å². The molecule has 0 saturated carbocycles. The zero-order valence-electron chi connectivity index (χ0n) is 20.9. The molecule has 0 spiro atoms. The summed E-state index contributed by atoms with van der Waals surface area (Å²) < 4.78 is 29.0. The molecule has 0 unspecified atom stereocenters. The Bertz CT molecular complexity index is 1630. The highest BCUT2D eigenvalue weighted by Gasteiger charge is 2.34. The molecule has 190 valence electrons. The van der Waals surface area contributed by atoms with Gasteiger partial charge >= 0.3 is 0 Å². The van der Waals surface area contributed by atoms with Crippen LogP contribution < -0.4 is 5.56 Å². The molecular weight excluding hydrogens is 486 g/mol. The molecule has 0 radical (unpaired) electrons. The fourth-order valence-corrected chi connectivity index (χ4v) is 6.43. The molecule has 1 N–H and O–H groups in total. The number of nitrogens with zero attached hydrogens (tertiary/aromatic N) is 3. The molecule has 7 nitrogen and oxygen atoms in total. The second-order valence-corrected chi connectivity index (χ2v) is 11.4. The molecular formula is C29H29N3O4S. The third kappa shape index (κ3) is 4.57. The first-order chi connectivity index (χ1) is 17.8. The van der Waals surface area contributed by atoms with Gasteiger partial charge in [-0.3, -0.25) is 14.3 Å². The van der Waals surface area contributed by atoms with Crippen LogP contribution in [0.1, 0.15) is 54.7 Å². The number of sulfone groups is 1. The third-order valence-electron chi connectivity index (χ3n) is 6.94. The fourth-order valence-electron chi connectivity index (χ4n) is 5.08.